The summed E-state index contributed by atoms with van der Waals surface area (Å²) in [5, 5.41) is 0.343. The molecule has 0 saturated carbocycles. The van der Waals surface area contributed by atoms with Crippen molar-refractivity contribution >= 4 is 22.4 Å². The zero-order valence-electron chi connectivity index (χ0n) is 10.7. The van der Waals surface area contributed by atoms with E-state index in [2.05, 4.69) is 4.98 Å². The molecular weight excluding hydrogens is 288 g/mol. The molecule has 8 heteroatoms. The van der Waals surface area contributed by atoms with Gasteiger partial charge in [-0.3, -0.25) is 0 Å². The van der Waals surface area contributed by atoms with Crippen LogP contribution < -0.4 is 5.73 Å². The van der Waals surface area contributed by atoms with E-state index >= 15 is 0 Å². The molecule has 3 rings (SSSR count). The molecule has 0 radical (unpaired) electrons. The second-order valence-electron chi connectivity index (χ2n) is 4.92. The average molecular weight is 307 g/mol. The van der Waals surface area contributed by atoms with Crippen LogP contribution in [0.5, 0.6) is 0 Å². The minimum absolute atomic E-state index is 0. The number of rotatable bonds is 3. The van der Waals surface area contributed by atoms with Gasteiger partial charge in [0.25, 0.3) is 10.0 Å². The minimum Gasteiger partial charge on any atom is -0.329 e. The van der Waals surface area contributed by atoms with Crippen LogP contribution in [0.3, 0.4) is 0 Å². The third kappa shape index (κ3) is 2.29. The summed E-state index contributed by atoms with van der Waals surface area (Å²) in [7, 11) is -3.43. The van der Waals surface area contributed by atoms with Gasteiger partial charge in [-0.2, -0.15) is 4.31 Å². The van der Waals surface area contributed by atoms with Crippen molar-refractivity contribution in [3.8, 4) is 0 Å². The summed E-state index contributed by atoms with van der Waals surface area (Å²) in [5.74, 6) is 0.886. The molecule has 2 aliphatic heterocycles. The van der Waals surface area contributed by atoms with Crippen molar-refractivity contribution in [2.75, 3.05) is 13.1 Å². The molecule has 0 bridgehead atoms. The Balaban J connectivity index is 0.00000133. The van der Waals surface area contributed by atoms with Crippen LogP contribution in [0.1, 0.15) is 25.1 Å². The Labute approximate surface area is 119 Å². The average Bonchev–Trinajstić information content (AvgIpc) is 3.04. The van der Waals surface area contributed by atoms with E-state index < -0.39 is 10.0 Å². The number of imidazole rings is 1. The number of fused-ring (bicyclic) bond motifs is 1. The first-order chi connectivity index (χ1) is 8.64. The summed E-state index contributed by atoms with van der Waals surface area (Å²) in [6.07, 6.45) is 5.09. The van der Waals surface area contributed by atoms with Gasteiger partial charge in [0.2, 0.25) is 0 Å². The van der Waals surface area contributed by atoms with Crippen molar-refractivity contribution < 1.29 is 8.42 Å². The molecule has 1 fully saturated rings. The SMILES string of the molecule is Cl.NCC1CCCN1S(=O)(=O)c1cnc2n1CCC2. The molecule has 6 nitrogen and oxygen atoms in total. The standard InChI is InChI=1S/C11H18N4O2S.ClH/c12-7-9-3-1-6-15(9)18(16,17)11-8-13-10-4-2-5-14(10)11;/h8-9H,1-7,12H2;1H. The number of hydrogen-bond donors (Lipinski definition) is 1. The van der Waals surface area contributed by atoms with E-state index in [1.54, 1.807) is 4.31 Å². The van der Waals surface area contributed by atoms with Gasteiger partial charge in [-0.1, -0.05) is 0 Å². The Morgan fingerprint density at radius 1 is 1.37 bits per heavy atom. The Morgan fingerprint density at radius 3 is 2.89 bits per heavy atom. The molecule has 108 valence electrons. The van der Waals surface area contributed by atoms with Crippen molar-refractivity contribution in [3.63, 3.8) is 0 Å². The predicted molar refractivity (Wildman–Crippen MR) is 73.8 cm³/mol. The second-order valence-corrected chi connectivity index (χ2v) is 6.75. The van der Waals surface area contributed by atoms with Gasteiger partial charge in [0.05, 0.1) is 6.20 Å². The molecule has 1 aromatic rings. The van der Waals surface area contributed by atoms with E-state index in [4.69, 9.17) is 5.73 Å². The van der Waals surface area contributed by atoms with Crippen LogP contribution in [0, 0.1) is 0 Å². The van der Waals surface area contributed by atoms with Crippen LogP contribution >= 0.6 is 12.4 Å². The third-order valence-electron chi connectivity index (χ3n) is 3.85. The zero-order chi connectivity index (χ0) is 12.8. The van der Waals surface area contributed by atoms with Crippen molar-refractivity contribution in [3.05, 3.63) is 12.0 Å². The van der Waals surface area contributed by atoms with Crippen molar-refractivity contribution in [1.29, 1.82) is 0 Å². The maximum absolute atomic E-state index is 12.6. The zero-order valence-corrected chi connectivity index (χ0v) is 12.3. The first kappa shape index (κ1) is 14.8. The van der Waals surface area contributed by atoms with Gasteiger partial charge in [0.15, 0.2) is 5.03 Å². The highest BCUT2D eigenvalue weighted by Crippen LogP contribution is 2.28. The van der Waals surface area contributed by atoms with Gasteiger partial charge in [-0.15, -0.1) is 12.4 Å². The van der Waals surface area contributed by atoms with Crippen molar-refractivity contribution in [2.45, 2.75) is 43.3 Å². The largest absolute Gasteiger partial charge is 0.329 e. The summed E-state index contributed by atoms with van der Waals surface area (Å²) in [6.45, 7) is 1.72. The Bertz CT molecular complexity index is 557. The van der Waals surface area contributed by atoms with Crippen LogP contribution in [0.25, 0.3) is 0 Å². The van der Waals surface area contributed by atoms with Gasteiger partial charge >= 0.3 is 0 Å². The highest BCUT2D eigenvalue weighted by atomic mass is 35.5. The first-order valence-electron chi connectivity index (χ1n) is 6.41. The molecule has 1 unspecified atom stereocenters. The van der Waals surface area contributed by atoms with Gasteiger partial charge in [0, 0.05) is 32.1 Å². The summed E-state index contributed by atoms with van der Waals surface area (Å²) in [6, 6.07) is -0.0532. The minimum atomic E-state index is -3.43. The predicted octanol–water partition coefficient (Wildman–Crippen LogP) is 0.363. The molecule has 0 spiro atoms. The highest BCUT2D eigenvalue weighted by molar-refractivity contribution is 7.89. The molecule has 2 aliphatic rings. The lowest BCUT2D eigenvalue weighted by atomic mass is 10.2. The van der Waals surface area contributed by atoms with E-state index in [1.165, 1.54) is 6.20 Å². The molecule has 2 N–H and O–H groups in total. The molecule has 3 heterocycles. The third-order valence-corrected chi connectivity index (χ3v) is 5.80. The Morgan fingerprint density at radius 2 is 2.16 bits per heavy atom. The fraction of sp³-hybridized carbons (Fsp3) is 0.727. The van der Waals surface area contributed by atoms with Crippen LogP contribution in [-0.2, 0) is 23.0 Å². The van der Waals surface area contributed by atoms with E-state index in [-0.39, 0.29) is 18.4 Å². The summed E-state index contributed by atoms with van der Waals surface area (Å²) in [4.78, 5) is 4.21. The number of nitrogens with two attached hydrogens (primary N) is 1. The van der Waals surface area contributed by atoms with Crippen molar-refractivity contribution in [1.82, 2.24) is 13.9 Å². The Kier molecular flexibility index (Phi) is 4.20. The monoisotopic (exact) mass is 306 g/mol. The molecule has 0 amide bonds. The summed E-state index contributed by atoms with van der Waals surface area (Å²) >= 11 is 0. The van der Waals surface area contributed by atoms with Gasteiger partial charge in [-0.05, 0) is 19.3 Å². The Hall–Kier alpha value is -0.630. The molecule has 1 aromatic heterocycles. The van der Waals surface area contributed by atoms with Gasteiger partial charge in [0.1, 0.15) is 5.82 Å². The van der Waals surface area contributed by atoms with E-state index in [9.17, 15) is 8.42 Å². The maximum atomic E-state index is 12.6. The summed E-state index contributed by atoms with van der Waals surface area (Å²) in [5.41, 5.74) is 5.66. The maximum Gasteiger partial charge on any atom is 0.260 e. The highest BCUT2D eigenvalue weighted by Gasteiger charge is 2.37. The van der Waals surface area contributed by atoms with E-state index in [0.717, 1.165) is 38.1 Å². The molecular formula is C11H19ClN4O2S. The fourth-order valence-corrected chi connectivity index (χ4v) is 4.77. The molecule has 0 aromatic carbocycles. The second kappa shape index (κ2) is 5.40. The van der Waals surface area contributed by atoms with E-state index in [0.29, 0.717) is 18.1 Å². The van der Waals surface area contributed by atoms with Crippen LogP contribution in [-0.4, -0.2) is 41.4 Å². The lowest BCUT2D eigenvalue weighted by Gasteiger charge is -2.22. The lowest BCUT2D eigenvalue weighted by Crippen LogP contribution is -2.40. The normalized spacial score (nSPS) is 23.3. The number of hydrogen-bond acceptors (Lipinski definition) is 4. The smallest absolute Gasteiger partial charge is 0.260 e. The van der Waals surface area contributed by atoms with Gasteiger partial charge in [-0.25, -0.2) is 13.4 Å². The van der Waals surface area contributed by atoms with Crippen LogP contribution in [0.2, 0.25) is 0 Å². The van der Waals surface area contributed by atoms with Crippen LogP contribution in [0.15, 0.2) is 11.2 Å². The molecule has 1 atom stereocenters. The lowest BCUT2D eigenvalue weighted by molar-refractivity contribution is 0.388. The van der Waals surface area contributed by atoms with Gasteiger partial charge < -0.3 is 10.3 Å². The molecule has 19 heavy (non-hydrogen) atoms. The number of halogens is 1. The number of aryl methyl sites for hydroxylation is 1. The molecule has 1 saturated heterocycles. The van der Waals surface area contributed by atoms with Crippen LogP contribution in [0.4, 0.5) is 0 Å². The fourth-order valence-electron chi connectivity index (χ4n) is 2.92. The quantitative estimate of drug-likeness (QED) is 0.874. The van der Waals surface area contributed by atoms with Crippen molar-refractivity contribution in [2.24, 2.45) is 5.73 Å². The first-order valence-corrected chi connectivity index (χ1v) is 7.85. The van der Waals surface area contributed by atoms with E-state index in [1.807, 2.05) is 4.57 Å². The summed E-state index contributed by atoms with van der Waals surface area (Å²) < 4.78 is 28.7. The topological polar surface area (TPSA) is 81.2 Å². The number of aromatic nitrogens is 2. The number of nitrogens with zero attached hydrogens (tertiary/aromatic N) is 3. The molecule has 0 aliphatic carbocycles. The number of sulfonamides is 1.